The van der Waals surface area contributed by atoms with Crippen LogP contribution in [0.15, 0.2) is 48.8 Å². The summed E-state index contributed by atoms with van der Waals surface area (Å²) in [5.41, 5.74) is 1.04. The third-order valence-corrected chi connectivity index (χ3v) is 3.47. The summed E-state index contributed by atoms with van der Waals surface area (Å²) < 4.78 is 0. The largest absolute Gasteiger partial charge is 0.330 e. The van der Waals surface area contributed by atoms with E-state index in [1.165, 1.54) is 6.20 Å². The van der Waals surface area contributed by atoms with Gasteiger partial charge >= 0.3 is 0 Å². The predicted molar refractivity (Wildman–Crippen MR) is 73.7 cm³/mol. The third-order valence-electron chi connectivity index (χ3n) is 3.47. The summed E-state index contributed by atoms with van der Waals surface area (Å²) in [6, 6.07) is 10.9. The lowest BCUT2D eigenvalue weighted by Gasteiger charge is -2.24. The maximum absolute atomic E-state index is 12.6. The van der Waals surface area contributed by atoms with Crippen LogP contribution in [0, 0.1) is 0 Å². The highest BCUT2D eigenvalue weighted by Gasteiger charge is 2.34. The summed E-state index contributed by atoms with van der Waals surface area (Å²) in [4.78, 5) is 33.0. The molecule has 2 amide bonds. The fourth-order valence-electron chi connectivity index (χ4n) is 2.60. The van der Waals surface area contributed by atoms with Crippen molar-refractivity contribution in [2.24, 2.45) is 0 Å². The molecule has 1 aliphatic heterocycles. The molecule has 0 spiro atoms. The smallest absolute Gasteiger partial charge is 0.268 e. The molecule has 2 aromatic carbocycles. The van der Waals surface area contributed by atoms with Crippen molar-refractivity contribution >= 4 is 28.5 Å². The minimum absolute atomic E-state index is 0.242. The van der Waals surface area contributed by atoms with Gasteiger partial charge in [-0.3, -0.25) is 9.59 Å². The predicted octanol–water partition coefficient (Wildman–Crippen LogP) is 2.36. The van der Waals surface area contributed by atoms with Gasteiger partial charge in [-0.05, 0) is 17.5 Å². The molecule has 0 fully saturated rings. The number of benzene rings is 2. The van der Waals surface area contributed by atoms with E-state index in [-0.39, 0.29) is 17.8 Å². The van der Waals surface area contributed by atoms with Crippen molar-refractivity contribution < 1.29 is 9.59 Å². The van der Waals surface area contributed by atoms with Gasteiger partial charge in [0, 0.05) is 28.9 Å². The van der Waals surface area contributed by atoms with E-state index in [4.69, 9.17) is 0 Å². The second-order valence-corrected chi connectivity index (χ2v) is 4.57. The van der Waals surface area contributed by atoms with E-state index >= 15 is 0 Å². The zero-order valence-electron chi connectivity index (χ0n) is 10.3. The number of carbonyl (C=O) groups excluding carboxylic acids is 2. The molecule has 0 saturated carbocycles. The Bertz CT molecular complexity index is 802. The number of imidazole rings is 1. The SMILES string of the molecule is O=C1c2cccc3cccc(c23)C(=O)N1c1ncc[nH]1. The molecule has 0 aliphatic carbocycles. The van der Waals surface area contributed by atoms with Crippen molar-refractivity contribution in [3.05, 3.63) is 59.9 Å². The van der Waals surface area contributed by atoms with Gasteiger partial charge in [-0.15, -0.1) is 0 Å². The van der Waals surface area contributed by atoms with E-state index in [1.807, 2.05) is 24.3 Å². The van der Waals surface area contributed by atoms with Crippen molar-refractivity contribution in [2.75, 3.05) is 4.90 Å². The zero-order chi connectivity index (χ0) is 13.7. The molecule has 0 radical (unpaired) electrons. The molecule has 0 atom stereocenters. The van der Waals surface area contributed by atoms with Crippen molar-refractivity contribution in [1.82, 2.24) is 9.97 Å². The summed E-state index contributed by atoms with van der Waals surface area (Å²) in [5, 5.41) is 1.61. The summed E-state index contributed by atoms with van der Waals surface area (Å²) in [7, 11) is 0. The van der Waals surface area contributed by atoms with Crippen molar-refractivity contribution in [3.8, 4) is 0 Å². The highest BCUT2D eigenvalue weighted by atomic mass is 16.2. The molecule has 0 saturated heterocycles. The maximum atomic E-state index is 12.6. The number of rotatable bonds is 1. The topological polar surface area (TPSA) is 66.1 Å². The van der Waals surface area contributed by atoms with Crippen LogP contribution in [-0.4, -0.2) is 21.8 Å². The highest BCUT2D eigenvalue weighted by Crippen LogP contribution is 2.31. The number of aromatic amines is 1. The van der Waals surface area contributed by atoms with Gasteiger partial charge in [-0.25, -0.2) is 9.88 Å². The Kier molecular flexibility index (Phi) is 2.06. The van der Waals surface area contributed by atoms with Gasteiger partial charge in [0.05, 0.1) is 0 Å². The first-order chi connectivity index (χ1) is 9.77. The van der Waals surface area contributed by atoms with E-state index in [9.17, 15) is 9.59 Å². The maximum Gasteiger partial charge on any atom is 0.268 e. The van der Waals surface area contributed by atoms with Crippen LogP contribution in [0.5, 0.6) is 0 Å². The first kappa shape index (κ1) is 10.9. The quantitative estimate of drug-likeness (QED) is 0.685. The normalized spacial score (nSPS) is 14.1. The Hall–Kier alpha value is -2.95. The minimum atomic E-state index is -0.353. The van der Waals surface area contributed by atoms with Crippen molar-refractivity contribution in [3.63, 3.8) is 0 Å². The molecule has 96 valence electrons. The number of carbonyl (C=O) groups is 2. The van der Waals surface area contributed by atoms with Crippen molar-refractivity contribution in [1.29, 1.82) is 0 Å². The fourth-order valence-corrected chi connectivity index (χ4v) is 2.60. The van der Waals surface area contributed by atoms with Crippen LogP contribution in [0.4, 0.5) is 5.95 Å². The Morgan fingerprint density at radius 3 is 2.15 bits per heavy atom. The van der Waals surface area contributed by atoms with Crippen LogP contribution < -0.4 is 4.90 Å². The molecule has 5 nitrogen and oxygen atoms in total. The van der Waals surface area contributed by atoms with Gasteiger partial charge < -0.3 is 4.98 Å². The first-order valence-electron chi connectivity index (χ1n) is 6.17. The Morgan fingerprint density at radius 1 is 0.950 bits per heavy atom. The lowest BCUT2D eigenvalue weighted by molar-refractivity contribution is 0.0891. The number of nitrogens with zero attached hydrogens (tertiary/aromatic N) is 2. The first-order valence-corrected chi connectivity index (χ1v) is 6.17. The average molecular weight is 263 g/mol. The number of aromatic nitrogens is 2. The van der Waals surface area contributed by atoms with E-state index in [2.05, 4.69) is 9.97 Å². The van der Waals surface area contributed by atoms with Crippen molar-refractivity contribution in [2.45, 2.75) is 0 Å². The Morgan fingerprint density at radius 2 is 1.60 bits per heavy atom. The van der Waals surface area contributed by atoms with Gasteiger partial charge in [-0.2, -0.15) is 0 Å². The fraction of sp³-hybridized carbons (Fsp3) is 0. The molecular weight excluding hydrogens is 254 g/mol. The number of anilines is 1. The van der Waals surface area contributed by atoms with Crippen LogP contribution in [0.25, 0.3) is 10.8 Å². The monoisotopic (exact) mass is 263 g/mol. The van der Waals surface area contributed by atoms with Crippen LogP contribution >= 0.6 is 0 Å². The standard InChI is InChI=1S/C15H9N3O2/c19-13-10-5-1-3-9-4-2-6-11(12(9)10)14(20)18(13)15-16-7-8-17-15/h1-8H,(H,16,17). The second kappa shape index (κ2) is 3.77. The molecule has 0 bridgehead atoms. The number of hydrogen-bond donors (Lipinski definition) is 1. The lowest BCUT2D eigenvalue weighted by atomic mass is 9.94. The molecule has 4 rings (SSSR count). The summed E-state index contributed by atoms with van der Waals surface area (Å²) in [6.45, 7) is 0. The molecule has 1 aromatic heterocycles. The number of hydrogen-bond acceptors (Lipinski definition) is 3. The van der Waals surface area contributed by atoms with E-state index in [0.29, 0.717) is 16.5 Å². The third kappa shape index (κ3) is 1.29. The second-order valence-electron chi connectivity index (χ2n) is 4.57. The summed E-state index contributed by atoms with van der Waals surface area (Å²) >= 11 is 0. The summed E-state index contributed by atoms with van der Waals surface area (Å²) in [5.74, 6) is -0.463. The molecule has 0 unspecified atom stereocenters. The Balaban J connectivity index is 2.05. The number of amides is 2. The van der Waals surface area contributed by atoms with Gasteiger partial charge in [0.25, 0.3) is 11.8 Å². The number of imide groups is 1. The van der Waals surface area contributed by atoms with Gasteiger partial charge in [0.15, 0.2) is 0 Å². The molecule has 1 N–H and O–H groups in total. The van der Waals surface area contributed by atoms with E-state index in [0.717, 1.165) is 10.3 Å². The van der Waals surface area contributed by atoms with Gasteiger partial charge in [-0.1, -0.05) is 24.3 Å². The van der Waals surface area contributed by atoms with Gasteiger partial charge in [0.1, 0.15) is 0 Å². The van der Waals surface area contributed by atoms with Gasteiger partial charge in [0.2, 0.25) is 5.95 Å². The molecule has 2 heterocycles. The molecule has 3 aromatic rings. The average Bonchev–Trinajstić information content (AvgIpc) is 2.99. The number of nitrogens with one attached hydrogen (secondary N) is 1. The van der Waals surface area contributed by atoms with E-state index < -0.39 is 0 Å². The van der Waals surface area contributed by atoms with Crippen LogP contribution in [0.2, 0.25) is 0 Å². The number of H-pyrrole nitrogens is 1. The molecule has 20 heavy (non-hydrogen) atoms. The van der Waals surface area contributed by atoms with E-state index in [1.54, 1.807) is 18.3 Å². The lowest BCUT2D eigenvalue weighted by Crippen LogP contribution is -2.41. The zero-order valence-corrected chi connectivity index (χ0v) is 10.3. The van der Waals surface area contributed by atoms with Crippen LogP contribution in [0.1, 0.15) is 20.7 Å². The van der Waals surface area contributed by atoms with Crippen LogP contribution in [-0.2, 0) is 0 Å². The van der Waals surface area contributed by atoms with Crippen LogP contribution in [0.3, 0.4) is 0 Å². The Labute approximate surface area is 113 Å². The molecule has 5 heteroatoms. The summed E-state index contributed by atoms with van der Waals surface area (Å²) in [6.07, 6.45) is 3.09. The highest BCUT2D eigenvalue weighted by molar-refractivity contribution is 6.35. The minimum Gasteiger partial charge on any atom is -0.330 e. The molecular formula is C15H9N3O2. The molecule has 1 aliphatic rings.